The van der Waals surface area contributed by atoms with E-state index in [1.807, 2.05) is 6.07 Å². The minimum Gasteiger partial charge on any atom is -0.497 e. The molecule has 0 saturated heterocycles. The Bertz CT molecular complexity index is 825. The molecule has 0 spiro atoms. The highest BCUT2D eigenvalue weighted by Crippen LogP contribution is 2.16. The molecule has 1 N–H and O–H groups in total. The molecule has 0 unspecified atom stereocenters. The van der Waals surface area contributed by atoms with Crippen molar-refractivity contribution in [1.82, 2.24) is 0 Å². The van der Waals surface area contributed by atoms with Crippen LogP contribution in [-0.2, 0) is 14.3 Å². The number of esters is 1. The van der Waals surface area contributed by atoms with Gasteiger partial charge in [-0.1, -0.05) is 0 Å². The first-order valence-corrected chi connectivity index (χ1v) is 8.25. The van der Waals surface area contributed by atoms with Gasteiger partial charge >= 0.3 is 5.97 Å². The van der Waals surface area contributed by atoms with Crippen molar-refractivity contribution in [2.75, 3.05) is 12.4 Å². The zero-order valence-electron chi connectivity index (χ0n) is 15.3. The lowest BCUT2D eigenvalue weighted by Gasteiger charge is -2.18. The first-order valence-electron chi connectivity index (χ1n) is 8.25. The maximum absolute atomic E-state index is 12.2. The van der Waals surface area contributed by atoms with Crippen LogP contribution >= 0.6 is 0 Å². The van der Waals surface area contributed by atoms with E-state index in [0.29, 0.717) is 22.7 Å². The number of carbonyl (C=O) groups excluding carboxylic acids is 2. The van der Waals surface area contributed by atoms with Gasteiger partial charge in [-0.25, -0.2) is 4.79 Å². The number of nitrogens with one attached hydrogen (secondary N) is 1. The highest BCUT2D eigenvalue weighted by Gasteiger charge is 2.23. The van der Waals surface area contributed by atoms with E-state index in [9.17, 15) is 9.59 Å². The number of nitriles is 1. The van der Waals surface area contributed by atoms with E-state index in [1.54, 1.807) is 55.6 Å². The second-order valence-corrected chi connectivity index (χ2v) is 5.69. The minimum absolute atomic E-state index is 0.425. The van der Waals surface area contributed by atoms with Crippen molar-refractivity contribution in [3.8, 4) is 17.6 Å². The van der Waals surface area contributed by atoms with Gasteiger partial charge in [0.15, 0.2) is 12.2 Å². The highest BCUT2D eigenvalue weighted by atomic mass is 16.6. The molecule has 0 radical (unpaired) electrons. The highest BCUT2D eigenvalue weighted by molar-refractivity contribution is 5.95. The zero-order chi connectivity index (χ0) is 19.8. The largest absolute Gasteiger partial charge is 0.497 e. The maximum atomic E-state index is 12.2. The van der Waals surface area contributed by atoms with Gasteiger partial charge in [-0.3, -0.25) is 4.79 Å². The molecule has 140 valence electrons. The molecule has 2 aromatic carbocycles. The van der Waals surface area contributed by atoms with Crippen LogP contribution in [0.25, 0.3) is 0 Å². The van der Waals surface area contributed by atoms with E-state index < -0.39 is 24.1 Å². The Morgan fingerprint density at radius 2 is 1.56 bits per heavy atom. The summed E-state index contributed by atoms with van der Waals surface area (Å²) in [6, 6.07) is 15.1. The third kappa shape index (κ3) is 5.75. The van der Waals surface area contributed by atoms with Crippen molar-refractivity contribution in [2.45, 2.75) is 26.1 Å². The van der Waals surface area contributed by atoms with E-state index >= 15 is 0 Å². The second-order valence-electron chi connectivity index (χ2n) is 5.69. The van der Waals surface area contributed by atoms with Crippen molar-refractivity contribution in [3.63, 3.8) is 0 Å². The molecule has 0 bridgehead atoms. The molecule has 0 saturated carbocycles. The number of methoxy groups -OCH3 is 1. The quantitative estimate of drug-likeness (QED) is 0.755. The van der Waals surface area contributed by atoms with Gasteiger partial charge in [-0.2, -0.15) is 5.26 Å². The Kier molecular flexibility index (Phi) is 6.78. The average Bonchev–Trinajstić information content (AvgIpc) is 2.68. The zero-order valence-corrected chi connectivity index (χ0v) is 15.3. The third-order valence-electron chi connectivity index (χ3n) is 3.65. The van der Waals surface area contributed by atoms with Crippen molar-refractivity contribution in [3.05, 3.63) is 54.1 Å². The fraction of sp³-hybridized carbons (Fsp3) is 0.250. The summed E-state index contributed by atoms with van der Waals surface area (Å²) in [6.07, 6.45) is -1.90. The minimum atomic E-state index is -0.994. The van der Waals surface area contributed by atoms with Crippen LogP contribution in [0, 0.1) is 11.3 Å². The summed E-state index contributed by atoms with van der Waals surface area (Å²) >= 11 is 0. The first-order chi connectivity index (χ1) is 12.9. The molecule has 2 atom stereocenters. The molecule has 0 heterocycles. The monoisotopic (exact) mass is 368 g/mol. The summed E-state index contributed by atoms with van der Waals surface area (Å²) in [4.78, 5) is 24.3. The van der Waals surface area contributed by atoms with Crippen molar-refractivity contribution < 1.29 is 23.8 Å². The fourth-order valence-corrected chi connectivity index (χ4v) is 2.10. The first kappa shape index (κ1) is 19.8. The SMILES string of the molecule is COc1ccc(NC(=O)[C@@H](C)OC(=O)[C@H](C)Oc2ccc(C#N)cc2)cc1. The van der Waals surface area contributed by atoms with Gasteiger partial charge in [0, 0.05) is 5.69 Å². The van der Waals surface area contributed by atoms with Gasteiger partial charge in [0.1, 0.15) is 11.5 Å². The van der Waals surface area contributed by atoms with Crippen LogP contribution in [0.3, 0.4) is 0 Å². The molecule has 2 aromatic rings. The Morgan fingerprint density at radius 3 is 2.11 bits per heavy atom. The lowest BCUT2D eigenvalue weighted by molar-refractivity contribution is -0.159. The van der Waals surface area contributed by atoms with E-state index in [2.05, 4.69) is 5.32 Å². The number of rotatable bonds is 7. The number of anilines is 1. The topological polar surface area (TPSA) is 97.7 Å². The van der Waals surface area contributed by atoms with Crippen LogP contribution in [0.5, 0.6) is 11.5 Å². The average molecular weight is 368 g/mol. The van der Waals surface area contributed by atoms with Gasteiger partial charge in [-0.05, 0) is 62.4 Å². The van der Waals surface area contributed by atoms with Gasteiger partial charge in [0.2, 0.25) is 0 Å². The Labute approximate surface area is 157 Å². The number of hydrogen-bond acceptors (Lipinski definition) is 6. The van der Waals surface area contributed by atoms with Crippen LogP contribution < -0.4 is 14.8 Å². The number of hydrogen-bond donors (Lipinski definition) is 1. The van der Waals surface area contributed by atoms with Crippen molar-refractivity contribution >= 4 is 17.6 Å². The number of carbonyl (C=O) groups is 2. The van der Waals surface area contributed by atoms with Gasteiger partial charge < -0.3 is 19.5 Å². The van der Waals surface area contributed by atoms with Crippen LogP contribution in [0.1, 0.15) is 19.4 Å². The predicted octanol–water partition coefficient (Wildman–Crippen LogP) is 2.90. The predicted molar refractivity (Wildman–Crippen MR) is 98.4 cm³/mol. The summed E-state index contributed by atoms with van der Waals surface area (Å²) in [7, 11) is 1.55. The third-order valence-corrected chi connectivity index (χ3v) is 3.65. The molecular formula is C20H20N2O5. The van der Waals surface area contributed by atoms with Crippen LogP contribution in [-0.4, -0.2) is 31.2 Å². The second kappa shape index (κ2) is 9.25. The molecule has 1 amide bonds. The Balaban J connectivity index is 1.86. The standard InChI is InChI=1S/C20H20N2O5/c1-13(19(23)22-16-6-10-17(25-3)11-7-16)27-20(24)14(2)26-18-8-4-15(12-21)5-9-18/h4-11,13-14H,1-3H3,(H,22,23)/t13-,14+/m1/s1. The van der Waals surface area contributed by atoms with Gasteiger partial charge in [0.25, 0.3) is 5.91 Å². The normalized spacial score (nSPS) is 12.2. The van der Waals surface area contributed by atoms with E-state index in [0.717, 1.165) is 0 Å². The number of nitrogens with zero attached hydrogens (tertiary/aromatic N) is 1. The van der Waals surface area contributed by atoms with Gasteiger partial charge in [0.05, 0.1) is 18.7 Å². The van der Waals surface area contributed by atoms with E-state index in [1.165, 1.54) is 13.8 Å². The lowest BCUT2D eigenvalue weighted by Crippen LogP contribution is -2.35. The van der Waals surface area contributed by atoms with Crippen LogP contribution in [0.2, 0.25) is 0 Å². The number of ether oxygens (including phenoxy) is 3. The summed E-state index contributed by atoms with van der Waals surface area (Å²) in [5.41, 5.74) is 1.05. The molecule has 0 aliphatic rings. The van der Waals surface area contributed by atoms with E-state index in [4.69, 9.17) is 19.5 Å². The maximum Gasteiger partial charge on any atom is 0.347 e. The Hall–Kier alpha value is -3.53. The molecule has 0 aromatic heterocycles. The summed E-state index contributed by atoms with van der Waals surface area (Å²) in [5, 5.41) is 11.4. The van der Waals surface area contributed by atoms with Gasteiger partial charge in [-0.15, -0.1) is 0 Å². The molecule has 2 rings (SSSR count). The molecule has 0 aliphatic carbocycles. The summed E-state index contributed by atoms with van der Waals surface area (Å²) in [5.74, 6) is -0.0362. The van der Waals surface area contributed by atoms with Crippen LogP contribution in [0.15, 0.2) is 48.5 Å². The van der Waals surface area contributed by atoms with Crippen molar-refractivity contribution in [1.29, 1.82) is 5.26 Å². The molecule has 0 aliphatic heterocycles. The number of benzene rings is 2. The fourth-order valence-electron chi connectivity index (χ4n) is 2.10. The molecule has 7 heteroatoms. The summed E-state index contributed by atoms with van der Waals surface area (Å²) in [6.45, 7) is 3.00. The van der Waals surface area contributed by atoms with Crippen molar-refractivity contribution in [2.24, 2.45) is 0 Å². The van der Waals surface area contributed by atoms with E-state index in [-0.39, 0.29) is 0 Å². The molecule has 7 nitrogen and oxygen atoms in total. The summed E-state index contributed by atoms with van der Waals surface area (Å²) < 4.78 is 15.7. The number of amides is 1. The lowest BCUT2D eigenvalue weighted by atomic mass is 10.2. The molecule has 0 fully saturated rings. The van der Waals surface area contributed by atoms with Crippen LogP contribution in [0.4, 0.5) is 5.69 Å². The molecule has 27 heavy (non-hydrogen) atoms. The Morgan fingerprint density at radius 1 is 0.963 bits per heavy atom. The smallest absolute Gasteiger partial charge is 0.347 e. The molecular weight excluding hydrogens is 348 g/mol.